The number of carbonyl (C=O) groups is 1. The summed E-state index contributed by atoms with van der Waals surface area (Å²) in [5, 5.41) is 13.7. The molecular weight excluding hydrogens is 216 g/mol. The van der Waals surface area contributed by atoms with E-state index in [0.29, 0.717) is 0 Å². The minimum Gasteiger partial charge on any atom is -0.388 e. The fourth-order valence-corrected chi connectivity index (χ4v) is 2.50. The molecule has 4 heteroatoms. The summed E-state index contributed by atoms with van der Waals surface area (Å²) in [6.07, 6.45) is -0.659. The van der Waals surface area contributed by atoms with E-state index < -0.39 is 6.10 Å². The van der Waals surface area contributed by atoms with Crippen LogP contribution in [-0.4, -0.2) is 16.0 Å². The molecule has 0 aliphatic heterocycles. The van der Waals surface area contributed by atoms with E-state index >= 15 is 0 Å². The highest BCUT2D eigenvalue weighted by Crippen LogP contribution is 2.27. The number of carbonyl (C=O) groups excluding carboxylic acids is 1. The lowest BCUT2D eigenvalue weighted by Gasteiger charge is -2.15. The Morgan fingerprint density at radius 3 is 2.93 bits per heavy atom. The standard InChI is InChI=1S/C10H14O2S2/c1-3-14-10(12)7(2)9(11)8-4-5-13-6-8/h4-7,9,11H,3H2,1-2H3/t7-,9+/m1/s1. The molecular formula is C10H14O2S2. The molecule has 0 saturated heterocycles. The molecule has 2 nitrogen and oxygen atoms in total. The summed E-state index contributed by atoms with van der Waals surface area (Å²) in [6.45, 7) is 3.71. The quantitative estimate of drug-likeness (QED) is 0.864. The average Bonchev–Trinajstić information content (AvgIpc) is 2.68. The lowest BCUT2D eigenvalue weighted by atomic mass is 10.0. The van der Waals surface area contributed by atoms with Gasteiger partial charge in [-0.3, -0.25) is 4.79 Å². The summed E-state index contributed by atoms with van der Waals surface area (Å²) in [4.78, 5) is 11.5. The Kier molecular flexibility index (Phi) is 4.65. The van der Waals surface area contributed by atoms with E-state index in [1.807, 2.05) is 23.8 Å². The van der Waals surface area contributed by atoms with Crippen molar-refractivity contribution in [2.24, 2.45) is 5.92 Å². The van der Waals surface area contributed by atoms with Crippen LogP contribution in [0, 0.1) is 5.92 Å². The number of rotatable bonds is 4. The average molecular weight is 230 g/mol. The smallest absolute Gasteiger partial charge is 0.194 e. The van der Waals surface area contributed by atoms with Crippen molar-refractivity contribution in [2.75, 3.05) is 5.75 Å². The van der Waals surface area contributed by atoms with E-state index in [4.69, 9.17) is 0 Å². The van der Waals surface area contributed by atoms with Crippen LogP contribution in [0.1, 0.15) is 25.5 Å². The van der Waals surface area contributed by atoms with Gasteiger partial charge in [-0.1, -0.05) is 25.6 Å². The first kappa shape index (κ1) is 11.8. The van der Waals surface area contributed by atoms with Gasteiger partial charge in [0.05, 0.1) is 12.0 Å². The molecule has 0 aliphatic rings. The molecule has 0 radical (unpaired) electrons. The largest absolute Gasteiger partial charge is 0.388 e. The fraction of sp³-hybridized carbons (Fsp3) is 0.500. The molecule has 1 heterocycles. The van der Waals surface area contributed by atoms with E-state index in [-0.39, 0.29) is 11.0 Å². The Morgan fingerprint density at radius 1 is 1.71 bits per heavy atom. The van der Waals surface area contributed by atoms with Gasteiger partial charge in [-0.15, -0.1) is 0 Å². The Bertz CT molecular complexity index is 282. The van der Waals surface area contributed by atoms with Crippen LogP contribution in [0.25, 0.3) is 0 Å². The molecule has 0 unspecified atom stereocenters. The van der Waals surface area contributed by atoms with Crippen LogP contribution in [0.15, 0.2) is 16.8 Å². The van der Waals surface area contributed by atoms with Gasteiger partial charge < -0.3 is 5.11 Å². The second-order valence-corrected chi connectivity index (χ2v) is 5.09. The van der Waals surface area contributed by atoms with Crippen molar-refractivity contribution in [3.8, 4) is 0 Å². The molecule has 1 rings (SSSR count). The van der Waals surface area contributed by atoms with Crippen LogP contribution in [0.5, 0.6) is 0 Å². The molecule has 14 heavy (non-hydrogen) atoms. The maximum Gasteiger partial charge on any atom is 0.194 e. The Hall–Kier alpha value is -0.320. The molecule has 1 aromatic heterocycles. The summed E-state index contributed by atoms with van der Waals surface area (Å²) in [5.74, 6) is 0.439. The van der Waals surface area contributed by atoms with Crippen molar-refractivity contribution in [1.29, 1.82) is 0 Å². The first-order chi connectivity index (χ1) is 6.66. The van der Waals surface area contributed by atoms with Crippen LogP contribution in [0.4, 0.5) is 0 Å². The number of aliphatic hydroxyl groups excluding tert-OH is 1. The highest BCUT2D eigenvalue weighted by atomic mass is 32.2. The molecule has 0 fully saturated rings. The molecule has 0 amide bonds. The first-order valence-electron chi connectivity index (χ1n) is 4.53. The van der Waals surface area contributed by atoms with Crippen molar-refractivity contribution in [3.05, 3.63) is 22.4 Å². The SMILES string of the molecule is CCSC(=O)[C@H](C)[C@H](O)c1ccsc1. The van der Waals surface area contributed by atoms with E-state index in [2.05, 4.69) is 0 Å². The van der Waals surface area contributed by atoms with Gasteiger partial charge in [-0.2, -0.15) is 11.3 Å². The number of thiophene rings is 1. The normalized spacial score (nSPS) is 15.1. The topological polar surface area (TPSA) is 37.3 Å². The Morgan fingerprint density at radius 2 is 2.43 bits per heavy atom. The van der Waals surface area contributed by atoms with Crippen LogP contribution in [0.3, 0.4) is 0 Å². The van der Waals surface area contributed by atoms with E-state index in [1.165, 1.54) is 23.1 Å². The van der Waals surface area contributed by atoms with E-state index in [9.17, 15) is 9.90 Å². The van der Waals surface area contributed by atoms with E-state index in [0.717, 1.165) is 11.3 Å². The highest BCUT2D eigenvalue weighted by molar-refractivity contribution is 8.13. The van der Waals surface area contributed by atoms with Crippen molar-refractivity contribution in [2.45, 2.75) is 20.0 Å². The summed E-state index contributed by atoms with van der Waals surface area (Å²) >= 11 is 2.80. The third kappa shape index (κ3) is 2.83. The molecule has 0 aromatic carbocycles. The molecule has 0 saturated carbocycles. The lowest BCUT2D eigenvalue weighted by Crippen LogP contribution is -2.16. The second-order valence-electron chi connectivity index (χ2n) is 3.04. The zero-order valence-corrected chi connectivity index (χ0v) is 9.90. The number of hydrogen-bond acceptors (Lipinski definition) is 4. The van der Waals surface area contributed by atoms with Gasteiger partial charge >= 0.3 is 0 Å². The van der Waals surface area contributed by atoms with Crippen molar-refractivity contribution < 1.29 is 9.90 Å². The van der Waals surface area contributed by atoms with Crippen LogP contribution >= 0.6 is 23.1 Å². The predicted octanol–water partition coefficient (Wildman–Crippen LogP) is 2.70. The zero-order valence-electron chi connectivity index (χ0n) is 8.27. The molecule has 0 spiro atoms. The summed E-state index contributed by atoms with van der Waals surface area (Å²) in [6, 6.07) is 1.86. The highest BCUT2D eigenvalue weighted by Gasteiger charge is 2.23. The summed E-state index contributed by atoms with van der Waals surface area (Å²) in [5.41, 5.74) is 0.840. The van der Waals surface area contributed by atoms with Gasteiger partial charge in [0, 0.05) is 0 Å². The molecule has 0 bridgehead atoms. The number of aliphatic hydroxyl groups is 1. The third-order valence-corrected chi connectivity index (χ3v) is 3.66. The Labute approximate surface area is 92.3 Å². The Balaban J connectivity index is 2.61. The number of thioether (sulfide) groups is 1. The van der Waals surface area contributed by atoms with Gasteiger partial charge in [0.15, 0.2) is 5.12 Å². The van der Waals surface area contributed by atoms with Gasteiger partial charge in [-0.25, -0.2) is 0 Å². The minimum atomic E-state index is -0.659. The molecule has 0 aliphatic carbocycles. The zero-order chi connectivity index (χ0) is 10.6. The van der Waals surface area contributed by atoms with Crippen molar-refractivity contribution in [1.82, 2.24) is 0 Å². The predicted molar refractivity (Wildman–Crippen MR) is 61.6 cm³/mol. The monoisotopic (exact) mass is 230 g/mol. The second kappa shape index (κ2) is 5.53. The first-order valence-corrected chi connectivity index (χ1v) is 6.46. The summed E-state index contributed by atoms with van der Waals surface area (Å²) < 4.78 is 0. The van der Waals surface area contributed by atoms with Crippen LogP contribution in [0.2, 0.25) is 0 Å². The third-order valence-electron chi connectivity index (χ3n) is 2.02. The minimum absolute atomic E-state index is 0.0613. The summed E-state index contributed by atoms with van der Waals surface area (Å²) in [7, 11) is 0. The maximum absolute atomic E-state index is 11.5. The van der Waals surface area contributed by atoms with Gasteiger partial charge in [0.25, 0.3) is 0 Å². The molecule has 1 aromatic rings. The number of hydrogen-bond donors (Lipinski definition) is 1. The lowest BCUT2D eigenvalue weighted by molar-refractivity contribution is -0.117. The van der Waals surface area contributed by atoms with Gasteiger partial charge in [0.2, 0.25) is 0 Å². The fourth-order valence-electron chi connectivity index (χ4n) is 1.13. The van der Waals surface area contributed by atoms with Crippen LogP contribution in [-0.2, 0) is 4.79 Å². The molecule has 2 atom stereocenters. The van der Waals surface area contributed by atoms with E-state index in [1.54, 1.807) is 6.92 Å². The van der Waals surface area contributed by atoms with Gasteiger partial charge in [0.1, 0.15) is 0 Å². The molecule has 78 valence electrons. The van der Waals surface area contributed by atoms with Crippen LogP contribution < -0.4 is 0 Å². The van der Waals surface area contributed by atoms with Crippen molar-refractivity contribution >= 4 is 28.2 Å². The maximum atomic E-state index is 11.5. The van der Waals surface area contributed by atoms with Gasteiger partial charge in [-0.05, 0) is 28.1 Å². The molecule has 1 N–H and O–H groups in total. The van der Waals surface area contributed by atoms with Crippen molar-refractivity contribution in [3.63, 3.8) is 0 Å².